The molecule has 1 N–H and O–H groups in total. The lowest BCUT2D eigenvalue weighted by Gasteiger charge is -2.16. The molecule has 2 aromatic rings. The molecule has 0 saturated heterocycles. The van der Waals surface area contributed by atoms with Crippen LogP contribution < -0.4 is 5.32 Å². The highest BCUT2D eigenvalue weighted by Crippen LogP contribution is 2.27. The first-order valence-corrected chi connectivity index (χ1v) is 6.76. The SMILES string of the molecule is CNC(Cc1ccc(Cl)s1)c1cc(F)c(F)c(F)c1. The van der Waals surface area contributed by atoms with Gasteiger partial charge in [-0.1, -0.05) is 11.6 Å². The third-order valence-electron chi connectivity index (χ3n) is 2.79. The number of halogens is 4. The molecule has 1 aromatic heterocycles. The highest BCUT2D eigenvalue weighted by atomic mass is 35.5. The Morgan fingerprint density at radius 1 is 1.21 bits per heavy atom. The highest BCUT2D eigenvalue weighted by molar-refractivity contribution is 7.16. The van der Waals surface area contributed by atoms with Crippen molar-refractivity contribution in [2.24, 2.45) is 0 Å². The summed E-state index contributed by atoms with van der Waals surface area (Å²) in [7, 11) is 1.68. The highest BCUT2D eigenvalue weighted by Gasteiger charge is 2.17. The second-order valence-corrected chi connectivity index (χ2v) is 5.85. The molecule has 0 bridgehead atoms. The molecule has 0 aliphatic heterocycles. The first-order chi connectivity index (χ1) is 9.01. The van der Waals surface area contributed by atoms with Gasteiger partial charge in [-0.3, -0.25) is 0 Å². The molecule has 1 aromatic carbocycles. The van der Waals surface area contributed by atoms with Crippen molar-refractivity contribution in [3.8, 4) is 0 Å². The van der Waals surface area contributed by atoms with Crippen molar-refractivity contribution in [2.75, 3.05) is 7.05 Å². The molecule has 0 aliphatic rings. The molecular formula is C13H11ClF3NS. The summed E-state index contributed by atoms with van der Waals surface area (Å²) in [6.45, 7) is 0. The summed E-state index contributed by atoms with van der Waals surface area (Å²) in [5, 5.41) is 2.96. The van der Waals surface area contributed by atoms with Gasteiger partial charge in [0, 0.05) is 17.3 Å². The van der Waals surface area contributed by atoms with Crippen LogP contribution in [0.3, 0.4) is 0 Å². The Bertz CT molecular complexity index is 562. The lowest BCUT2D eigenvalue weighted by Crippen LogP contribution is -2.19. The third-order valence-corrected chi connectivity index (χ3v) is 4.04. The molecule has 6 heteroatoms. The average Bonchev–Trinajstić information content (AvgIpc) is 2.78. The van der Waals surface area contributed by atoms with Crippen LogP contribution in [-0.2, 0) is 6.42 Å². The Morgan fingerprint density at radius 2 is 1.84 bits per heavy atom. The maximum Gasteiger partial charge on any atom is 0.194 e. The van der Waals surface area contributed by atoms with Crippen molar-refractivity contribution in [3.05, 3.63) is 56.5 Å². The molecule has 0 amide bonds. The Morgan fingerprint density at radius 3 is 2.32 bits per heavy atom. The normalized spacial score (nSPS) is 12.7. The Balaban J connectivity index is 2.27. The van der Waals surface area contributed by atoms with Crippen molar-refractivity contribution in [1.29, 1.82) is 0 Å². The summed E-state index contributed by atoms with van der Waals surface area (Å²) in [4.78, 5) is 0.981. The van der Waals surface area contributed by atoms with E-state index in [-0.39, 0.29) is 6.04 Å². The zero-order valence-electron chi connectivity index (χ0n) is 10.0. The monoisotopic (exact) mass is 305 g/mol. The molecule has 1 nitrogen and oxygen atoms in total. The van der Waals surface area contributed by atoms with Crippen molar-refractivity contribution in [1.82, 2.24) is 5.32 Å². The van der Waals surface area contributed by atoms with Crippen LogP contribution in [0.15, 0.2) is 24.3 Å². The molecule has 102 valence electrons. The van der Waals surface area contributed by atoms with Crippen molar-refractivity contribution in [3.63, 3.8) is 0 Å². The second kappa shape index (κ2) is 5.94. The van der Waals surface area contributed by atoms with Gasteiger partial charge in [0.2, 0.25) is 0 Å². The van der Waals surface area contributed by atoms with Crippen LogP contribution in [0.5, 0.6) is 0 Å². The van der Waals surface area contributed by atoms with E-state index >= 15 is 0 Å². The summed E-state index contributed by atoms with van der Waals surface area (Å²) in [6, 6.07) is 5.33. The van der Waals surface area contributed by atoms with E-state index < -0.39 is 17.5 Å². The summed E-state index contributed by atoms with van der Waals surface area (Å²) in [5.41, 5.74) is 0.364. The third kappa shape index (κ3) is 3.29. The Kier molecular flexibility index (Phi) is 4.50. The van der Waals surface area contributed by atoms with Crippen LogP contribution in [0.1, 0.15) is 16.5 Å². The minimum absolute atomic E-state index is 0.306. The Labute approximate surface area is 118 Å². The van der Waals surface area contributed by atoms with Gasteiger partial charge in [-0.25, -0.2) is 13.2 Å². The molecule has 2 rings (SSSR count). The van der Waals surface area contributed by atoms with E-state index in [0.717, 1.165) is 17.0 Å². The Hall–Kier alpha value is -1.04. The molecule has 1 atom stereocenters. The van der Waals surface area contributed by atoms with Gasteiger partial charge in [0.15, 0.2) is 17.5 Å². The van der Waals surface area contributed by atoms with Crippen LogP contribution >= 0.6 is 22.9 Å². The molecule has 0 fully saturated rings. The number of nitrogens with one attached hydrogen (secondary N) is 1. The molecule has 0 spiro atoms. The van der Waals surface area contributed by atoms with Gasteiger partial charge < -0.3 is 5.32 Å². The lowest BCUT2D eigenvalue weighted by atomic mass is 10.0. The van der Waals surface area contributed by atoms with Gasteiger partial charge in [0.25, 0.3) is 0 Å². The van der Waals surface area contributed by atoms with Gasteiger partial charge >= 0.3 is 0 Å². The van der Waals surface area contributed by atoms with E-state index in [2.05, 4.69) is 5.32 Å². The molecule has 0 aliphatic carbocycles. The maximum atomic E-state index is 13.2. The summed E-state index contributed by atoms with van der Waals surface area (Å²) < 4.78 is 40.0. The fourth-order valence-electron chi connectivity index (χ4n) is 1.83. The van der Waals surface area contributed by atoms with Gasteiger partial charge in [-0.15, -0.1) is 11.3 Å². The van der Waals surface area contributed by atoms with E-state index in [1.54, 1.807) is 13.1 Å². The quantitative estimate of drug-likeness (QED) is 0.829. The first-order valence-electron chi connectivity index (χ1n) is 5.57. The number of benzene rings is 1. The summed E-state index contributed by atoms with van der Waals surface area (Å²) >= 11 is 7.23. The molecule has 1 heterocycles. The van der Waals surface area contributed by atoms with Crippen LogP contribution in [0.25, 0.3) is 0 Å². The minimum atomic E-state index is -1.45. The maximum absolute atomic E-state index is 13.2. The van der Waals surface area contributed by atoms with Gasteiger partial charge in [-0.2, -0.15) is 0 Å². The number of hydrogen-bond acceptors (Lipinski definition) is 2. The molecule has 0 saturated carbocycles. The second-order valence-electron chi connectivity index (χ2n) is 4.05. The molecule has 1 unspecified atom stereocenters. The molecule has 19 heavy (non-hydrogen) atoms. The number of likely N-dealkylation sites (N-methyl/N-ethyl adjacent to an activating group) is 1. The number of thiophene rings is 1. The number of rotatable bonds is 4. The van der Waals surface area contributed by atoms with Gasteiger partial charge in [0.1, 0.15) is 0 Å². The van der Waals surface area contributed by atoms with Crippen LogP contribution in [0.4, 0.5) is 13.2 Å². The van der Waals surface area contributed by atoms with E-state index in [0.29, 0.717) is 16.3 Å². The molecule has 0 radical (unpaired) electrons. The van der Waals surface area contributed by atoms with Crippen molar-refractivity contribution in [2.45, 2.75) is 12.5 Å². The lowest BCUT2D eigenvalue weighted by molar-refractivity contribution is 0.441. The predicted molar refractivity (Wildman–Crippen MR) is 71.1 cm³/mol. The van der Waals surface area contributed by atoms with Crippen LogP contribution in [-0.4, -0.2) is 7.05 Å². The van der Waals surface area contributed by atoms with Gasteiger partial charge in [0.05, 0.1) is 4.34 Å². The summed E-state index contributed by atoms with van der Waals surface area (Å²) in [5.74, 6) is -3.81. The fourth-order valence-corrected chi connectivity index (χ4v) is 2.96. The minimum Gasteiger partial charge on any atom is -0.313 e. The zero-order valence-corrected chi connectivity index (χ0v) is 11.6. The summed E-state index contributed by atoms with van der Waals surface area (Å²) in [6.07, 6.45) is 0.526. The smallest absolute Gasteiger partial charge is 0.194 e. The van der Waals surface area contributed by atoms with Crippen molar-refractivity contribution < 1.29 is 13.2 Å². The first kappa shape index (κ1) is 14.4. The van der Waals surface area contributed by atoms with E-state index in [1.165, 1.54) is 11.3 Å². The van der Waals surface area contributed by atoms with Gasteiger partial charge in [-0.05, 0) is 36.9 Å². The van der Waals surface area contributed by atoms with E-state index in [9.17, 15) is 13.2 Å². The van der Waals surface area contributed by atoms with Crippen LogP contribution in [0.2, 0.25) is 4.34 Å². The topological polar surface area (TPSA) is 12.0 Å². The van der Waals surface area contributed by atoms with E-state index in [1.807, 2.05) is 6.07 Å². The fraction of sp³-hybridized carbons (Fsp3) is 0.231. The van der Waals surface area contributed by atoms with E-state index in [4.69, 9.17) is 11.6 Å². The number of hydrogen-bond donors (Lipinski definition) is 1. The standard InChI is InChI=1S/C13H11ClF3NS/c1-18-11(6-8-2-3-12(14)19-8)7-4-9(15)13(17)10(16)5-7/h2-5,11,18H,6H2,1H3. The van der Waals surface area contributed by atoms with Crippen LogP contribution in [0, 0.1) is 17.5 Å². The van der Waals surface area contributed by atoms with Crippen molar-refractivity contribution >= 4 is 22.9 Å². The zero-order chi connectivity index (χ0) is 14.0. The largest absolute Gasteiger partial charge is 0.313 e. The molecular weight excluding hydrogens is 295 g/mol. The predicted octanol–water partition coefficient (Wildman–Crippen LogP) is 4.32. The average molecular weight is 306 g/mol.